The van der Waals surface area contributed by atoms with Gasteiger partial charge in [-0.2, -0.15) is 0 Å². The van der Waals surface area contributed by atoms with Crippen LogP contribution in [0, 0.1) is 0 Å². The Morgan fingerprint density at radius 3 is 1.71 bits per heavy atom. The van der Waals surface area contributed by atoms with E-state index in [1.165, 1.54) is 0 Å². The first-order chi connectivity index (χ1) is 23.7. The zero-order valence-electron chi connectivity index (χ0n) is 25.6. The third kappa shape index (κ3) is 4.56. The average molecular weight is 619 g/mol. The van der Waals surface area contributed by atoms with Crippen molar-refractivity contribution in [1.82, 2.24) is 29.1 Å². The fraction of sp³-hybridized carbons (Fsp3) is 0. The Morgan fingerprint density at radius 2 is 0.958 bits per heavy atom. The first kappa shape index (κ1) is 27.6. The molecular formula is C41H26N6O. The van der Waals surface area contributed by atoms with Crippen LogP contribution in [0.15, 0.2) is 163 Å². The Bertz CT molecular complexity index is 2680. The van der Waals surface area contributed by atoms with E-state index in [-0.39, 0.29) is 5.56 Å². The molecule has 0 atom stereocenters. The minimum atomic E-state index is -0.177. The molecule has 0 aliphatic heterocycles. The maximum Gasteiger partial charge on any atom is 0.266 e. The van der Waals surface area contributed by atoms with Gasteiger partial charge < -0.3 is 0 Å². The molecular weight excluding hydrogens is 592 g/mol. The van der Waals surface area contributed by atoms with Crippen LogP contribution in [-0.2, 0) is 0 Å². The Hall–Kier alpha value is -6.73. The molecule has 9 rings (SSSR count). The number of nitrogens with zero attached hydrogens (tertiary/aromatic N) is 6. The first-order valence-corrected chi connectivity index (χ1v) is 15.7. The van der Waals surface area contributed by atoms with Crippen LogP contribution in [0.25, 0.3) is 78.5 Å². The van der Waals surface area contributed by atoms with E-state index in [1.807, 2.05) is 140 Å². The van der Waals surface area contributed by atoms with E-state index >= 15 is 0 Å². The van der Waals surface area contributed by atoms with Crippen LogP contribution >= 0.6 is 0 Å². The van der Waals surface area contributed by atoms with Crippen LogP contribution in [0.3, 0.4) is 0 Å². The molecule has 9 aromatic rings. The number of para-hydroxylation sites is 5. The second kappa shape index (κ2) is 11.3. The molecule has 7 nitrogen and oxygen atoms in total. The number of aromatic nitrogens is 6. The number of fused-ring (bicyclic) bond motifs is 3. The molecule has 48 heavy (non-hydrogen) atoms. The van der Waals surface area contributed by atoms with Crippen LogP contribution in [-0.4, -0.2) is 29.1 Å². The summed E-state index contributed by atoms with van der Waals surface area (Å²) in [5.41, 5.74) is 7.19. The lowest BCUT2D eigenvalue weighted by atomic mass is 10.1. The van der Waals surface area contributed by atoms with Crippen molar-refractivity contribution in [2.24, 2.45) is 0 Å². The lowest BCUT2D eigenvalue weighted by Gasteiger charge is -2.16. The highest BCUT2D eigenvalue weighted by Gasteiger charge is 2.21. The van der Waals surface area contributed by atoms with Gasteiger partial charge in [0.15, 0.2) is 11.6 Å². The summed E-state index contributed by atoms with van der Waals surface area (Å²) >= 11 is 0. The topological polar surface area (TPSA) is 78.5 Å². The quantitative estimate of drug-likeness (QED) is 0.193. The van der Waals surface area contributed by atoms with Crippen LogP contribution in [0.4, 0.5) is 0 Å². The highest BCUT2D eigenvalue weighted by molar-refractivity contribution is 5.93. The van der Waals surface area contributed by atoms with Gasteiger partial charge in [0, 0.05) is 22.2 Å². The monoisotopic (exact) mass is 618 g/mol. The fourth-order valence-corrected chi connectivity index (χ4v) is 6.31. The molecule has 0 spiro atoms. The van der Waals surface area contributed by atoms with E-state index in [9.17, 15) is 4.79 Å². The molecule has 0 N–H and O–H groups in total. The number of rotatable bonds is 5. The van der Waals surface area contributed by atoms with Gasteiger partial charge in [-0.1, -0.05) is 91.0 Å². The van der Waals surface area contributed by atoms with Gasteiger partial charge in [-0.15, -0.1) is 0 Å². The minimum Gasteiger partial charge on any atom is -0.292 e. The van der Waals surface area contributed by atoms with E-state index < -0.39 is 0 Å². The zero-order chi connectivity index (χ0) is 32.0. The van der Waals surface area contributed by atoms with Gasteiger partial charge in [-0.3, -0.25) is 13.9 Å². The number of benzene rings is 6. The van der Waals surface area contributed by atoms with Crippen LogP contribution in [0.5, 0.6) is 0 Å². The van der Waals surface area contributed by atoms with Crippen molar-refractivity contribution in [3.8, 4) is 45.7 Å². The second-order valence-electron chi connectivity index (χ2n) is 11.5. The SMILES string of the molecule is O=c1c2ccccc2nc(-c2nc(-c3ccccc3)nc3ccccc23)n1-c1ccc(-c2nc3ccccc3n2-c2ccccc2)cc1. The summed E-state index contributed by atoms with van der Waals surface area (Å²) in [5.74, 6) is 1.82. The summed E-state index contributed by atoms with van der Waals surface area (Å²) < 4.78 is 3.83. The maximum absolute atomic E-state index is 14.4. The van der Waals surface area contributed by atoms with Crippen molar-refractivity contribution in [2.45, 2.75) is 0 Å². The van der Waals surface area contributed by atoms with Crippen molar-refractivity contribution < 1.29 is 0 Å². The molecule has 0 saturated heterocycles. The Balaban J connectivity index is 1.27. The standard InChI is InChI=1S/C41H26N6O/c48-41-32-18-8-10-20-34(32)43-40(37-31-17-7-9-19-33(31)42-38(45-37)27-13-3-1-4-14-27)47(41)30-25-23-28(24-26-30)39-44-35-21-11-12-22-36(35)46(39)29-15-5-2-6-16-29/h1-26H. The van der Waals surface area contributed by atoms with Crippen molar-refractivity contribution in [3.63, 3.8) is 0 Å². The van der Waals surface area contributed by atoms with Crippen LogP contribution in [0.1, 0.15) is 0 Å². The van der Waals surface area contributed by atoms with Crippen LogP contribution in [0.2, 0.25) is 0 Å². The highest BCUT2D eigenvalue weighted by Crippen LogP contribution is 2.32. The fourth-order valence-electron chi connectivity index (χ4n) is 6.31. The molecule has 0 radical (unpaired) electrons. The van der Waals surface area contributed by atoms with E-state index in [4.69, 9.17) is 19.9 Å². The molecule has 0 fully saturated rings. The number of imidazole rings is 1. The molecule has 0 unspecified atom stereocenters. The number of hydrogen-bond donors (Lipinski definition) is 0. The largest absolute Gasteiger partial charge is 0.292 e. The summed E-state index contributed by atoms with van der Waals surface area (Å²) in [6.07, 6.45) is 0. The smallest absolute Gasteiger partial charge is 0.266 e. The first-order valence-electron chi connectivity index (χ1n) is 15.7. The van der Waals surface area contributed by atoms with Crippen molar-refractivity contribution in [2.75, 3.05) is 0 Å². The van der Waals surface area contributed by atoms with E-state index in [2.05, 4.69) is 22.8 Å². The Morgan fingerprint density at radius 1 is 0.396 bits per heavy atom. The van der Waals surface area contributed by atoms with Gasteiger partial charge in [0.2, 0.25) is 0 Å². The van der Waals surface area contributed by atoms with E-state index in [0.717, 1.165) is 44.6 Å². The molecule has 0 bridgehead atoms. The molecule has 0 saturated carbocycles. The molecule has 226 valence electrons. The van der Waals surface area contributed by atoms with Crippen molar-refractivity contribution in [3.05, 3.63) is 168 Å². The van der Waals surface area contributed by atoms with Crippen molar-refractivity contribution >= 4 is 32.8 Å². The van der Waals surface area contributed by atoms with Gasteiger partial charge in [-0.25, -0.2) is 19.9 Å². The molecule has 3 aromatic heterocycles. The normalized spacial score (nSPS) is 11.4. The molecule has 0 amide bonds. The third-order valence-corrected chi connectivity index (χ3v) is 8.58. The zero-order valence-corrected chi connectivity index (χ0v) is 25.6. The summed E-state index contributed by atoms with van der Waals surface area (Å²) in [5, 5.41) is 1.33. The van der Waals surface area contributed by atoms with Gasteiger partial charge in [0.05, 0.1) is 33.1 Å². The molecule has 0 aliphatic rings. The minimum absolute atomic E-state index is 0.177. The Labute approximate surface area is 275 Å². The summed E-state index contributed by atoms with van der Waals surface area (Å²) in [6, 6.07) is 51.4. The predicted octanol–water partition coefficient (Wildman–Crippen LogP) is 8.67. The summed E-state index contributed by atoms with van der Waals surface area (Å²) in [6.45, 7) is 0. The maximum atomic E-state index is 14.4. The lowest BCUT2D eigenvalue weighted by Crippen LogP contribution is -2.22. The van der Waals surface area contributed by atoms with Gasteiger partial charge in [0.1, 0.15) is 11.5 Å². The van der Waals surface area contributed by atoms with E-state index in [0.29, 0.717) is 33.9 Å². The molecule has 3 heterocycles. The predicted molar refractivity (Wildman–Crippen MR) is 191 cm³/mol. The van der Waals surface area contributed by atoms with Crippen molar-refractivity contribution in [1.29, 1.82) is 0 Å². The third-order valence-electron chi connectivity index (χ3n) is 8.58. The number of hydrogen-bond acceptors (Lipinski definition) is 5. The summed E-state index contributed by atoms with van der Waals surface area (Å²) in [7, 11) is 0. The lowest BCUT2D eigenvalue weighted by molar-refractivity contribution is 0.966. The molecule has 7 heteroatoms. The average Bonchev–Trinajstić information content (AvgIpc) is 3.55. The van der Waals surface area contributed by atoms with Gasteiger partial charge >= 0.3 is 0 Å². The highest BCUT2D eigenvalue weighted by atomic mass is 16.1. The van der Waals surface area contributed by atoms with Crippen LogP contribution < -0.4 is 5.56 Å². The molecule has 6 aromatic carbocycles. The second-order valence-corrected chi connectivity index (χ2v) is 11.5. The van der Waals surface area contributed by atoms with Gasteiger partial charge in [-0.05, 0) is 66.7 Å². The van der Waals surface area contributed by atoms with Gasteiger partial charge in [0.25, 0.3) is 5.56 Å². The Kier molecular flexibility index (Phi) is 6.47. The molecule has 0 aliphatic carbocycles. The van der Waals surface area contributed by atoms with E-state index in [1.54, 1.807) is 4.57 Å². The summed E-state index contributed by atoms with van der Waals surface area (Å²) in [4.78, 5) is 34.4.